The first kappa shape index (κ1) is 20.7. The molecule has 1 aliphatic rings. The number of imidazole rings is 1. The molecule has 0 saturated heterocycles. The van der Waals surface area contributed by atoms with Crippen LogP contribution in [0.15, 0.2) is 119 Å². The summed E-state index contributed by atoms with van der Waals surface area (Å²) in [7, 11) is 0. The van der Waals surface area contributed by atoms with Gasteiger partial charge in [-0.25, -0.2) is 4.98 Å². The molecule has 174 valence electrons. The van der Waals surface area contributed by atoms with Gasteiger partial charge >= 0.3 is 0 Å². The topological polar surface area (TPSA) is 30.7 Å². The van der Waals surface area contributed by atoms with Crippen LogP contribution in [-0.4, -0.2) is 14.5 Å². The van der Waals surface area contributed by atoms with Crippen molar-refractivity contribution in [3.8, 4) is 27.9 Å². The third-order valence-electron chi connectivity index (χ3n) is 7.40. The molecule has 0 N–H and O–H groups in total. The van der Waals surface area contributed by atoms with Gasteiger partial charge in [-0.05, 0) is 75.5 Å². The second kappa shape index (κ2) is 7.79. The van der Waals surface area contributed by atoms with Gasteiger partial charge in [0.1, 0.15) is 5.82 Å². The zero-order valence-electron chi connectivity index (χ0n) is 20.1. The minimum absolute atomic E-state index is 1.02. The summed E-state index contributed by atoms with van der Waals surface area (Å²) in [5.74, 6) is 1.02. The number of rotatable bonds is 2. The zero-order chi connectivity index (χ0) is 24.5. The molecule has 0 atom stereocenters. The largest absolute Gasteiger partial charge is 0.294 e. The highest BCUT2D eigenvalue weighted by Crippen LogP contribution is 2.47. The lowest BCUT2D eigenvalue weighted by atomic mass is 9.86. The first-order valence-electron chi connectivity index (χ1n) is 12.4. The van der Waals surface area contributed by atoms with Gasteiger partial charge in [0.25, 0.3) is 0 Å². The van der Waals surface area contributed by atoms with E-state index in [1.807, 2.05) is 30.2 Å². The van der Waals surface area contributed by atoms with Crippen LogP contribution in [0.3, 0.4) is 0 Å². The van der Waals surface area contributed by atoms with E-state index in [9.17, 15) is 0 Å². The normalized spacial score (nSPS) is 12.4. The van der Waals surface area contributed by atoms with Gasteiger partial charge < -0.3 is 0 Å². The quantitative estimate of drug-likeness (QED) is 0.226. The van der Waals surface area contributed by atoms with E-state index in [4.69, 9.17) is 4.98 Å². The molecule has 3 nitrogen and oxygen atoms in total. The zero-order valence-corrected chi connectivity index (χ0v) is 21.0. The molecule has 0 bridgehead atoms. The molecule has 0 unspecified atom stereocenters. The van der Waals surface area contributed by atoms with Crippen LogP contribution in [0, 0.1) is 6.92 Å². The van der Waals surface area contributed by atoms with Gasteiger partial charge in [-0.2, -0.15) is 0 Å². The van der Waals surface area contributed by atoms with Crippen LogP contribution in [0.5, 0.6) is 0 Å². The fourth-order valence-corrected chi connectivity index (χ4v) is 7.03. The van der Waals surface area contributed by atoms with Crippen molar-refractivity contribution in [1.82, 2.24) is 14.5 Å². The molecule has 0 amide bonds. The molecule has 0 saturated carbocycles. The van der Waals surface area contributed by atoms with Gasteiger partial charge in [-0.3, -0.25) is 9.55 Å². The van der Waals surface area contributed by atoms with Gasteiger partial charge in [-0.1, -0.05) is 78.5 Å². The molecule has 0 radical (unpaired) electrons. The van der Waals surface area contributed by atoms with Crippen LogP contribution in [0.4, 0.5) is 0 Å². The maximum Gasteiger partial charge on any atom is 0.111 e. The van der Waals surface area contributed by atoms with Gasteiger partial charge in [0, 0.05) is 27.7 Å². The van der Waals surface area contributed by atoms with E-state index in [0.717, 1.165) is 16.9 Å². The van der Waals surface area contributed by atoms with Crippen molar-refractivity contribution in [2.45, 2.75) is 16.7 Å². The summed E-state index contributed by atoms with van der Waals surface area (Å²) < 4.78 is 2.31. The van der Waals surface area contributed by atoms with Crippen molar-refractivity contribution in [1.29, 1.82) is 0 Å². The van der Waals surface area contributed by atoms with Crippen molar-refractivity contribution in [2.24, 2.45) is 0 Å². The Morgan fingerprint density at radius 2 is 1.35 bits per heavy atom. The molecule has 0 aliphatic carbocycles. The molecule has 0 fully saturated rings. The SMILES string of the molecule is Cc1nc2cccc3c2n1-c1ccc(-c2c4ccccc4c(-c4cccnc4)c4ccccc24)cc1S3. The molecule has 2 aromatic heterocycles. The Kier molecular flexibility index (Phi) is 4.37. The number of benzene rings is 5. The van der Waals surface area contributed by atoms with Gasteiger partial charge in [0.15, 0.2) is 0 Å². The third-order valence-corrected chi connectivity index (χ3v) is 8.49. The molecule has 3 heterocycles. The molecule has 0 spiro atoms. The lowest BCUT2D eigenvalue weighted by Gasteiger charge is -2.22. The standard InChI is InChI=1S/C33H21N3S/c1-20-35-27-13-6-14-29-33(27)36(20)28-16-15-21(18-30(28)37-29)31-23-9-2-4-11-25(23)32(22-8-7-17-34-19-22)26-12-5-3-10-24(26)31/h2-19H,1H3. The predicted octanol–water partition coefficient (Wildman–Crippen LogP) is 8.83. The van der Waals surface area contributed by atoms with Gasteiger partial charge in [-0.15, -0.1) is 0 Å². The average Bonchev–Trinajstić information content (AvgIpc) is 3.29. The molecule has 1 aliphatic heterocycles. The van der Waals surface area contributed by atoms with E-state index in [2.05, 4.69) is 107 Å². The Labute approximate surface area is 218 Å². The fraction of sp³-hybridized carbons (Fsp3) is 0.0303. The lowest BCUT2D eigenvalue weighted by Crippen LogP contribution is -2.03. The monoisotopic (exact) mass is 491 g/mol. The number of hydrogen-bond donors (Lipinski definition) is 0. The van der Waals surface area contributed by atoms with Crippen LogP contribution in [0.25, 0.3) is 60.5 Å². The van der Waals surface area contributed by atoms with E-state index < -0.39 is 0 Å². The van der Waals surface area contributed by atoms with E-state index in [-0.39, 0.29) is 0 Å². The minimum Gasteiger partial charge on any atom is -0.294 e. The van der Waals surface area contributed by atoms with Gasteiger partial charge in [0.2, 0.25) is 0 Å². The lowest BCUT2D eigenvalue weighted by molar-refractivity contribution is 0.963. The summed E-state index contributed by atoms with van der Waals surface area (Å²) in [4.78, 5) is 11.8. The van der Waals surface area contributed by atoms with Crippen LogP contribution < -0.4 is 0 Å². The highest BCUT2D eigenvalue weighted by molar-refractivity contribution is 7.99. The summed E-state index contributed by atoms with van der Waals surface area (Å²) in [6.45, 7) is 2.09. The van der Waals surface area contributed by atoms with Crippen molar-refractivity contribution >= 4 is 44.3 Å². The maximum atomic E-state index is 4.83. The third kappa shape index (κ3) is 2.96. The van der Waals surface area contributed by atoms with E-state index in [0.29, 0.717) is 0 Å². The number of pyridine rings is 1. The number of para-hydroxylation sites is 1. The molecule has 8 rings (SSSR count). The molecule has 7 aromatic rings. The van der Waals surface area contributed by atoms with Crippen molar-refractivity contribution < 1.29 is 0 Å². The molecular formula is C33H21N3S. The summed E-state index contributed by atoms with van der Waals surface area (Å²) in [5, 5.41) is 4.99. The molecular weight excluding hydrogens is 470 g/mol. The first-order chi connectivity index (χ1) is 18.3. The van der Waals surface area contributed by atoms with E-state index in [1.54, 1.807) is 0 Å². The van der Waals surface area contributed by atoms with Crippen molar-refractivity contribution in [2.75, 3.05) is 0 Å². The summed E-state index contributed by atoms with van der Waals surface area (Å²) in [6.07, 6.45) is 3.80. The van der Waals surface area contributed by atoms with Crippen LogP contribution in [0.1, 0.15) is 5.82 Å². The van der Waals surface area contributed by atoms with Crippen molar-refractivity contribution in [3.05, 3.63) is 115 Å². The molecule has 5 aromatic carbocycles. The summed E-state index contributed by atoms with van der Waals surface area (Å²) in [6, 6.07) is 35.0. The number of aromatic nitrogens is 3. The Balaban J connectivity index is 1.44. The van der Waals surface area contributed by atoms with E-state index in [1.165, 1.54) is 59.2 Å². The minimum atomic E-state index is 1.02. The number of aryl methyl sites for hydroxylation is 1. The number of nitrogens with zero attached hydrogens (tertiary/aromatic N) is 3. The second-order valence-electron chi connectivity index (χ2n) is 9.49. The smallest absolute Gasteiger partial charge is 0.111 e. The number of hydrogen-bond acceptors (Lipinski definition) is 3. The summed E-state index contributed by atoms with van der Waals surface area (Å²) >= 11 is 1.84. The van der Waals surface area contributed by atoms with Crippen LogP contribution in [0.2, 0.25) is 0 Å². The van der Waals surface area contributed by atoms with Crippen LogP contribution in [-0.2, 0) is 0 Å². The maximum absolute atomic E-state index is 4.83. The van der Waals surface area contributed by atoms with E-state index >= 15 is 0 Å². The highest BCUT2D eigenvalue weighted by Gasteiger charge is 2.23. The molecule has 4 heteroatoms. The first-order valence-corrected chi connectivity index (χ1v) is 13.2. The number of fused-ring (bicyclic) bond motifs is 4. The molecule has 37 heavy (non-hydrogen) atoms. The summed E-state index contributed by atoms with van der Waals surface area (Å²) in [5.41, 5.74) is 8.34. The Bertz CT molecular complexity index is 1960. The predicted molar refractivity (Wildman–Crippen MR) is 154 cm³/mol. The highest BCUT2D eigenvalue weighted by atomic mass is 32.2. The van der Waals surface area contributed by atoms with Crippen LogP contribution >= 0.6 is 11.8 Å². The Morgan fingerprint density at radius 3 is 2.03 bits per heavy atom. The van der Waals surface area contributed by atoms with Gasteiger partial charge in [0.05, 0.1) is 16.7 Å². The second-order valence-corrected chi connectivity index (χ2v) is 10.6. The Hall–Kier alpha value is -4.41. The van der Waals surface area contributed by atoms with Crippen molar-refractivity contribution in [3.63, 3.8) is 0 Å². The average molecular weight is 492 g/mol. The Morgan fingerprint density at radius 1 is 0.649 bits per heavy atom. The fourth-order valence-electron chi connectivity index (χ4n) is 5.90.